The van der Waals surface area contributed by atoms with E-state index in [1.54, 1.807) is 0 Å². The molecule has 3 aliphatic rings. The van der Waals surface area contributed by atoms with Gasteiger partial charge in [-0.15, -0.1) is 0 Å². The molecule has 1 N–H and O–H groups in total. The van der Waals surface area contributed by atoms with Crippen LogP contribution in [0.15, 0.2) is 0 Å². The Balaban J connectivity index is 1.27. The van der Waals surface area contributed by atoms with Crippen molar-refractivity contribution in [3.05, 3.63) is 0 Å². The SMILES string of the molecule is C1C[C@H]2O[C@@H](COCCN3CCOCC3)CC[C@H]2N1. The van der Waals surface area contributed by atoms with Crippen LogP contribution in [0.4, 0.5) is 0 Å². The minimum atomic E-state index is 0.311. The molecule has 3 aliphatic heterocycles. The maximum atomic E-state index is 6.08. The second-order valence-electron chi connectivity index (χ2n) is 5.75. The van der Waals surface area contributed by atoms with Gasteiger partial charge < -0.3 is 19.5 Å². The highest BCUT2D eigenvalue weighted by Gasteiger charge is 2.34. The number of morpholine rings is 1. The second kappa shape index (κ2) is 6.99. The van der Waals surface area contributed by atoms with Gasteiger partial charge in [0.25, 0.3) is 0 Å². The van der Waals surface area contributed by atoms with Gasteiger partial charge in [0, 0.05) is 25.7 Å². The highest BCUT2D eigenvalue weighted by Crippen LogP contribution is 2.25. The fourth-order valence-electron chi connectivity index (χ4n) is 3.23. The van der Waals surface area contributed by atoms with E-state index in [9.17, 15) is 0 Å². The maximum absolute atomic E-state index is 6.08. The van der Waals surface area contributed by atoms with Crippen molar-refractivity contribution in [2.75, 3.05) is 52.6 Å². The molecule has 5 heteroatoms. The number of ether oxygens (including phenoxy) is 3. The average molecular weight is 270 g/mol. The molecule has 0 radical (unpaired) electrons. The Morgan fingerprint density at radius 2 is 2.05 bits per heavy atom. The first-order chi connectivity index (χ1) is 9.42. The molecule has 0 aliphatic carbocycles. The fraction of sp³-hybridized carbons (Fsp3) is 1.00. The number of hydrogen-bond acceptors (Lipinski definition) is 5. The minimum Gasteiger partial charge on any atom is -0.379 e. The molecule has 3 fully saturated rings. The van der Waals surface area contributed by atoms with E-state index < -0.39 is 0 Å². The zero-order valence-corrected chi connectivity index (χ0v) is 11.7. The normalized spacial score (nSPS) is 36.3. The van der Waals surface area contributed by atoms with Gasteiger partial charge in [-0.2, -0.15) is 0 Å². The Hall–Kier alpha value is -0.200. The smallest absolute Gasteiger partial charge is 0.0813 e. The van der Waals surface area contributed by atoms with Crippen LogP contribution in [-0.2, 0) is 14.2 Å². The molecule has 3 saturated heterocycles. The summed E-state index contributed by atoms with van der Waals surface area (Å²) >= 11 is 0. The molecular weight excluding hydrogens is 244 g/mol. The lowest BCUT2D eigenvalue weighted by atomic mass is 10.0. The lowest BCUT2D eigenvalue weighted by Gasteiger charge is -2.32. The molecule has 3 rings (SSSR count). The predicted molar refractivity (Wildman–Crippen MR) is 72.4 cm³/mol. The lowest BCUT2D eigenvalue weighted by Crippen LogP contribution is -2.42. The first-order valence-corrected chi connectivity index (χ1v) is 7.68. The van der Waals surface area contributed by atoms with Crippen LogP contribution in [0, 0.1) is 0 Å². The van der Waals surface area contributed by atoms with Crippen LogP contribution in [-0.4, -0.2) is 75.8 Å². The van der Waals surface area contributed by atoms with E-state index in [1.807, 2.05) is 0 Å². The van der Waals surface area contributed by atoms with Gasteiger partial charge in [-0.25, -0.2) is 0 Å². The summed E-state index contributed by atoms with van der Waals surface area (Å²) in [6.07, 6.45) is 4.27. The monoisotopic (exact) mass is 270 g/mol. The van der Waals surface area contributed by atoms with Crippen LogP contribution in [0.1, 0.15) is 19.3 Å². The summed E-state index contributed by atoms with van der Waals surface area (Å²) in [6.45, 7) is 7.50. The van der Waals surface area contributed by atoms with Crippen molar-refractivity contribution in [2.45, 2.75) is 37.5 Å². The van der Waals surface area contributed by atoms with Crippen LogP contribution in [0.3, 0.4) is 0 Å². The van der Waals surface area contributed by atoms with Crippen molar-refractivity contribution < 1.29 is 14.2 Å². The van der Waals surface area contributed by atoms with Gasteiger partial charge >= 0.3 is 0 Å². The predicted octanol–water partition coefficient (Wildman–Crippen LogP) is 0.245. The van der Waals surface area contributed by atoms with Gasteiger partial charge in [0.15, 0.2) is 0 Å². The van der Waals surface area contributed by atoms with E-state index in [2.05, 4.69) is 10.2 Å². The quantitative estimate of drug-likeness (QED) is 0.725. The Bertz CT molecular complexity index is 271. The van der Waals surface area contributed by atoms with E-state index >= 15 is 0 Å². The van der Waals surface area contributed by atoms with Crippen molar-refractivity contribution in [2.24, 2.45) is 0 Å². The summed E-state index contributed by atoms with van der Waals surface area (Å²) in [5.74, 6) is 0. The zero-order chi connectivity index (χ0) is 12.9. The van der Waals surface area contributed by atoms with Crippen molar-refractivity contribution in [3.8, 4) is 0 Å². The van der Waals surface area contributed by atoms with E-state index in [0.717, 1.165) is 65.4 Å². The summed E-state index contributed by atoms with van der Waals surface area (Å²) < 4.78 is 17.2. The maximum Gasteiger partial charge on any atom is 0.0813 e. The van der Waals surface area contributed by atoms with Crippen molar-refractivity contribution >= 4 is 0 Å². The van der Waals surface area contributed by atoms with Gasteiger partial charge in [0.1, 0.15) is 0 Å². The Morgan fingerprint density at radius 3 is 2.95 bits per heavy atom. The van der Waals surface area contributed by atoms with Crippen LogP contribution < -0.4 is 5.32 Å². The third-order valence-electron chi connectivity index (χ3n) is 4.41. The fourth-order valence-corrected chi connectivity index (χ4v) is 3.23. The third kappa shape index (κ3) is 3.89. The van der Waals surface area contributed by atoms with E-state index in [-0.39, 0.29) is 0 Å². The van der Waals surface area contributed by atoms with Gasteiger partial charge in [-0.05, 0) is 25.8 Å². The van der Waals surface area contributed by atoms with Crippen LogP contribution in [0.25, 0.3) is 0 Å². The van der Waals surface area contributed by atoms with E-state index in [0.29, 0.717) is 18.2 Å². The molecule has 0 unspecified atom stereocenters. The highest BCUT2D eigenvalue weighted by atomic mass is 16.5. The zero-order valence-electron chi connectivity index (χ0n) is 11.7. The summed E-state index contributed by atoms with van der Waals surface area (Å²) in [7, 11) is 0. The first kappa shape index (κ1) is 13.8. The molecule has 0 saturated carbocycles. The topological polar surface area (TPSA) is 43.0 Å². The summed E-state index contributed by atoms with van der Waals surface area (Å²) in [6, 6.07) is 0.601. The molecule has 0 bridgehead atoms. The van der Waals surface area contributed by atoms with Crippen LogP contribution >= 0.6 is 0 Å². The molecular formula is C14H26N2O3. The molecule has 0 aromatic carbocycles. The molecule has 0 aromatic heterocycles. The lowest BCUT2D eigenvalue weighted by molar-refractivity contribution is -0.0907. The summed E-state index contributed by atoms with van der Waals surface area (Å²) in [5.41, 5.74) is 0. The highest BCUT2D eigenvalue weighted by molar-refractivity contribution is 4.89. The molecule has 0 aromatic rings. The molecule has 0 amide bonds. The summed E-state index contributed by atoms with van der Waals surface area (Å²) in [4.78, 5) is 2.40. The van der Waals surface area contributed by atoms with Gasteiger partial charge in [-0.3, -0.25) is 4.90 Å². The first-order valence-electron chi connectivity index (χ1n) is 7.68. The van der Waals surface area contributed by atoms with Crippen LogP contribution in [0.2, 0.25) is 0 Å². The minimum absolute atomic E-state index is 0.311. The molecule has 3 heterocycles. The van der Waals surface area contributed by atoms with Gasteiger partial charge in [0.05, 0.1) is 38.6 Å². The molecule has 19 heavy (non-hydrogen) atoms. The van der Waals surface area contributed by atoms with Gasteiger partial charge in [-0.1, -0.05) is 0 Å². The third-order valence-corrected chi connectivity index (χ3v) is 4.41. The average Bonchev–Trinajstić information content (AvgIpc) is 2.92. The molecule has 110 valence electrons. The number of rotatable bonds is 5. The van der Waals surface area contributed by atoms with Crippen LogP contribution in [0.5, 0.6) is 0 Å². The Labute approximate surface area is 115 Å². The van der Waals surface area contributed by atoms with Crippen molar-refractivity contribution in [1.82, 2.24) is 10.2 Å². The van der Waals surface area contributed by atoms with Crippen molar-refractivity contribution in [3.63, 3.8) is 0 Å². The molecule has 3 atom stereocenters. The second-order valence-corrected chi connectivity index (χ2v) is 5.75. The van der Waals surface area contributed by atoms with Gasteiger partial charge in [0.2, 0.25) is 0 Å². The number of nitrogens with zero attached hydrogens (tertiary/aromatic N) is 1. The number of hydrogen-bond donors (Lipinski definition) is 1. The van der Waals surface area contributed by atoms with E-state index in [1.165, 1.54) is 6.42 Å². The van der Waals surface area contributed by atoms with Crippen molar-refractivity contribution in [1.29, 1.82) is 0 Å². The Morgan fingerprint density at radius 1 is 1.16 bits per heavy atom. The number of nitrogens with one attached hydrogen (secondary N) is 1. The number of fused-ring (bicyclic) bond motifs is 1. The standard InChI is InChI=1S/C14H26N2O3/c1-2-13-14(3-4-15-13)19-12(1)11-18-10-7-16-5-8-17-9-6-16/h12-15H,1-11H2/t12-,13-,14-/m1/s1. The van der Waals surface area contributed by atoms with E-state index in [4.69, 9.17) is 14.2 Å². The molecule has 0 spiro atoms. The largest absolute Gasteiger partial charge is 0.379 e. The Kier molecular flexibility index (Phi) is 5.07. The summed E-state index contributed by atoms with van der Waals surface area (Å²) in [5, 5.41) is 3.51. The molecule has 5 nitrogen and oxygen atoms in total.